The van der Waals surface area contributed by atoms with Crippen LogP contribution in [0.3, 0.4) is 0 Å². The molecule has 0 aromatic rings. The number of halogens is 1. The van der Waals surface area contributed by atoms with Crippen molar-refractivity contribution in [2.24, 2.45) is 11.8 Å². The maximum atomic E-state index is 13.7. The lowest BCUT2D eigenvalue weighted by Gasteiger charge is -2.34. The van der Waals surface area contributed by atoms with Gasteiger partial charge in [-0.3, -0.25) is 0 Å². The van der Waals surface area contributed by atoms with E-state index in [1.54, 1.807) is 0 Å². The molecule has 3 atom stereocenters. The molecule has 2 aliphatic heterocycles. The molecule has 3 heteroatoms. The fourth-order valence-electron chi connectivity index (χ4n) is 3.10. The quantitative estimate of drug-likeness (QED) is 0.750. The first-order valence-corrected chi connectivity index (χ1v) is 7.16. The van der Waals surface area contributed by atoms with Crippen molar-refractivity contribution in [1.82, 2.24) is 9.80 Å². The van der Waals surface area contributed by atoms with Gasteiger partial charge in [0.25, 0.3) is 0 Å². The second kappa shape index (κ2) is 5.66. The molecule has 0 aromatic carbocycles. The van der Waals surface area contributed by atoms with Gasteiger partial charge in [0.05, 0.1) is 0 Å². The van der Waals surface area contributed by atoms with Crippen molar-refractivity contribution in [2.75, 3.05) is 32.7 Å². The Hall–Kier alpha value is -0.150. The zero-order valence-electron chi connectivity index (χ0n) is 11.5. The lowest BCUT2D eigenvalue weighted by Crippen LogP contribution is -2.43. The summed E-state index contributed by atoms with van der Waals surface area (Å²) in [7, 11) is 0. The maximum absolute atomic E-state index is 13.7. The molecule has 2 nitrogen and oxygen atoms in total. The van der Waals surface area contributed by atoms with E-state index in [1.807, 2.05) is 6.92 Å². The van der Waals surface area contributed by atoms with E-state index >= 15 is 0 Å². The number of hydrogen-bond donors (Lipinski definition) is 0. The molecule has 0 aliphatic carbocycles. The Morgan fingerprint density at radius 1 is 1.18 bits per heavy atom. The third-order valence-corrected chi connectivity index (χ3v) is 4.51. The average Bonchev–Trinajstić information content (AvgIpc) is 2.72. The number of alkyl halides is 1. The van der Waals surface area contributed by atoms with E-state index in [9.17, 15) is 4.39 Å². The Morgan fingerprint density at radius 2 is 1.94 bits per heavy atom. The minimum absolute atomic E-state index is 0.266. The summed E-state index contributed by atoms with van der Waals surface area (Å²) >= 11 is 0. The molecule has 0 amide bonds. The monoisotopic (exact) mass is 242 g/mol. The third-order valence-electron chi connectivity index (χ3n) is 4.51. The third kappa shape index (κ3) is 3.41. The summed E-state index contributed by atoms with van der Waals surface area (Å²) in [5, 5.41) is 0. The highest BCUT2D eigenvalue weighted by Crippen LogP contribution is 2.24. The van der Waals surface area contributed by atoms with E-state index in [1.165, 1.54) is 19.5 Å². The Kier molecular flexibility index (Phi) is 4.42. The molecule has 17 heavy (non-hydrogen) atoms. The van der Waals surface area contributed by atoms with Crippen LogP contribution in [-0.4, -0.2) is 54.7 Å². The van der Waals surface area contributed by atoms with Gasteiger partial charge < -0.3 is 9.80 Å². The van der Waals surface area contributed by atoms with Crippen LogP contribution in [0.25, 0.3) is 0 Å². The first-order valence-electron chi connectivity index (χ1n) is 7.16. The SMILES string of the molecule is CC(C)N1CCC(CN2CC[C@@H](C)C(F)C2)C1. The normalized spacial score (nSPS) is 36.9. The number of piperidine rings is 1. The minimum atomic E-state index is -0.605. The summed E-state index contributed by atoms with van der Waals surface area (Å²) in [6.07, 6.45) is 1.72. The molecular formula is C14H27FN2. The second-order valence-electron chi connectivity index (χ2n) is 6.28. The van der Waals surface area contributed by atoms with Crippen molar-refractivity contribution >= 4 is 0 Å². The van der Waals surface area contributed by atoms with Crippen LogP contribution in [-0.2, 0) is 0 Å². The van der Waals surface area contributed by atoms with Crippen molar-refractivity contribution in [2.45, 2.75) is 45.8 Å². The van der Waals surface area contributed by atoms with Crippen molar-refractivity contribution in [3.8, 4) is 0 Å². The minimum Gasteiger partial charge on any atom is -0.301 e. The number of hydrogen-bond acceptors (Lipinski definition) is 2. The zero-order valence-corrected chi connectivity index (χ0v) is 11.5. The van der Waals surface area contributed by atoms with Crippen molar-refractivity contribution in [1.29, 1.82) is 0 Å². The molecule has 0 spiro atoms. The maximum Gasteiger partial charge on any atom is 0.115 e. The molecule has 2 fully saturated rings. The molecule has 0 saturated carbocycles. The summed E-state index contributed by atoms with van der Waals surface area (Å²) in [5.74, 6) is 1.03. The van der Waals surface area contributed by atoms with Crippen LogP contribution < -0.4 is 0 Å². The summed E-state index contributed by atoms with van der Waals surface area (Å²) in [4.78, 5) is 4.89. The van der Waals surface area contributed by atoms with Crippen molar-refractivity contribution in [3.05, 3.63) is 0 Å². The van der Waals surface area contributed by atoms with Gasteiger partial charge in [-0.25, -0.2) is 4.39 Å². The molecule has 100 valence electrons. The predicted octanol–water partition coefficient (Wildman–Crippen LogP) is 2.40. The van der Waals surface area contributed by atoms with Crippen LogP contribution >= 0.6 is 0 Å². The molecule has 2 heterocycles. The van der Waals surface area contributed by atoms with Crippen LogP contribution in [0, 0.1) is 11.8 Å². The topological polar surface area (TPSA) is 6.48 Å². The highest BCUT2D eigenvalue weighted by molar-refractivity contribution is 4.83. The molecule has 2 aliphatic rings. The van der Waals surface area contributed by atoms with E-state index in [4.69, 9.17) is 0 Å². The van der Waals surface area contributed by atoms with E-state index in [-0.39, 0.29) is 5.92 Å². The smallest absolute Gasteiger partial charge is 0.115 e. The summed E-state index contributed by atoms with van der Waals surface area (Å²) in [6, 6.07) is 0.662. The lowest BCUT2D eigenvalue weighted by molar-refractivity contribution is 0.0818. The summed E-state index contributed by atoms with van der Waals surface area (Å²) in [6.45, 7) is 11.9. The summed E-state index contributed by atoms with van der Waals surface area (Å²) in [5.41, 5.74) is 0. The molecule has 0 bridgehead atoms. The van der Waals surface area contributed by atoms with Crippen LogP contribution in [0.2, 0.25) is 0 Å². The Labute approximate surface area is 105 Å². The fraction of sp³-hybridized carbons (Fsp3) is 1.00. The molecule has 2 rings (SSSR count). The molecular weight excluding hydrogens is 215 g/mol. The van der Waals surface area contributed by atoms with Crippen molar-refractivity contribution in [3.63, 3.8) is 0 Å². The highest BCUT2D eigenvalue weighted by Gasteiger charge is 2.30. The molecule has 0 N–H and O–H groups in total. The largest absolute Gasteiger partial charge is 0.301 e. The van der Waals surface area contributed by atoms with E-state index in [2.05, 4.69) is 23.6 Å². The van der Waals surface area contributed by atoms with E-state index in [0.717, 1.165) is 25.4 Å². The second-order valence-corrected chi connectivity index (χ2v) is 6.28. The van der Waals surface area contributed by atoms with Gasteiger partial charge in [0.2, 0.25) is 0 Å². The van der Waals surface area contributed by atoms with Crippen LogP contribution in [0.1, 0.15) is 33.6 Å². The van der Waals surface area contributed by atoms with Gasteiger partial charge >= 0.3 is 0 Å². The lowest BCUT2D eigenvalue weighted by atomic mass is 9.96. The average molecular weight is 242 g/mol. The zero-order chi connectivity index (χ0) is 12.4. The van der Waals surface area contributed by atoms with Crippen LogP contribution in [0.5, 0.6) is 0 Å². The van der Waals surface area contributed by atoms with Gasteiger partial charge in [-0.05, 0) is 51.6 Å². The first kappa shape index (κ1) is 13.3. The molecule has 2 saturated heterocycles. The van der Waals surface area contributed by atoms with Gasteiger partial charge in [-0.1, -0.05) is 6.92 Å². The first-order chi connectivity index (χ1) is 8.06. The van der Waals surface area contributed by atoms with E-state index < -0.39 is 6.17 Å². The Balaban J connectivity index is 1.75. The highest BCUT2D eigenvalue weighted by atomic mass is 19.1. The van der Waals surface area contributed by atoms with Gasteiger partial charge in [-0.2, -0.15) is 0 Å². The predicted molar refractivity (Wildman–Crippen MR) is 69.9 cm³/mol. The van der Waals surface area contributed by atoms with Gasteiger partial charge in [-0.15, -0.1) is 0 Å². The standard InChI is InChI=1S/C14H27FN2/c1-11(2)17-7-5-13(9-17)8-16-6-4-12(3)14(15)10-16/h11-14H,4-10H2,1-3H3/t12-,13?,14?/m1/s1. The van der Waals surface area contributed by atoms with E-state index in [0.29, 0.717) is 12.6 Å². The van der Waals surface area contributed by atoms with Crippen molar-refractivity contribution < 1.29 is 4.39 Å². The number of nitrogens with zero attached hydrogens (tertiary/aromatic N) is 2. The summed E-state index contributed by atoms with van der Waals surface area (Å²) < 4.78 is 13.7. The number of rotatable bonds is 3. The Bertz CT molecular complexity index is 244. The fourth-order valence-corrected chi connectivity index (χ4v) is 3.10. The number of likely N-dealkylation sites (tertiary alicyclic amines) is 2. The molecule has 2 unspecified atom stereocenters. The van der Waals surface area contributed by atoms with Gasteiger partial charge in [0.1, 0.15) is 6.17 Å². The van der Waals surface area contributed by atoms with Crippen LogP contribution in [0.15, 0.2) is 0 Å². The Morgan fingerprint density at radius 3 is 2.53 bits per heavy atom. The molecule has 0 radical (unpaired) electrons. The van der Waals surface area contributed by atoms with Crippen LogP contribution in [0.4, 0.5) is 4.39 Å². The van der Waals surface area contributed by atoms with Gasteiger partial charge in [0, 0.05) is 25.7 Å². The van der Waals surface area contributed by atoms with Gasteiger partial charge in [0.15, 0.2) is 0 Å². The molecule has 0 aromatic heterocycles.